The van der Waals surface area contributed by atoms with Gasteiger partial charge < -0.3 is 20.1 Å². The van der Waals surface area contributed by atoms with E-state index in [0.29, 0.717) is 30.2 Å². The molecule has 1 fully saturated rings. The van der Waals surface area contributed by atoms with Crippen molar-refractivity contribution in [2.24, 2.45) is 4.99 Å². The molecule has 2 aromatic heterocycles. The molecule has 1 unspecified atom stereocenters. The number of hydrogen-bond acceptors (Lipinski definition) is 7. The van der Waals surface area contributed by atoms with Crippen LogP contribution in [0.4, 0.5) is 13.2 Å². The smallest absolute Gasteiger partial charge is 0.381 e. The second-order valence-corrected chi connectivity index (χ2v) is 8.41. The summed E-state index contributed by atoms with van der Waals surface area (Å²) in [7, 11) is 0. The van der Waals surface area contributed by atoms with Gasteiger partial charge >= 0.3 is 6.18 Å². The number of imidazole rings is 1. The zero-order valence-electron chi connectivity index (χ0n) is 19.2. The third-order valence-corrected chi connectivity index (χ3v) is 5.87. The summed E-state index contributed by atoms with van der Waals surface area (Å²) < 4.78 is 53.3. The van der Waals surface area contributed by atoms with E-state index in [1.807, 2.05) is 0 Å². The number of aliphatic imine (C=N–C) groups is 1. The third kappa shape index (κ3) is 4.95. The monoisotopic (exact) mass is 500 g/mol. The molecule has 5 rings (SSSR count). The molecule has 0 aliphatic carbocycles. The number of aryl methyl sites for hydroxylation is 1. The second kappa shape index (κ2) is 9.70. The van der Waals surface area contributed by atoms with E-state index in [1.165, 1.54) is 41.2 Å². The van der Waals surface area contributed by atoms with Gasteiger partial charge in [0, 0.05) is 25.0 Å². The predicted octanol–water partition coefficient (Wildman–Crippen LogP) is 3.45. The van der Waals surface area contributed by atoms with E-state index in [2.05, 4.69) is 25.7 Å². The highest BCUT2D eigenvalue weighted by Crippen LogP contribution is 2.36. The fourth-order valence-electron chi connectivity index (χ4n) is 4.10. The Kier molecular flexibility index (Phi) is 6.46. The number of fused-ring (bicyclic) bond motifs is 1. The molecule has 4 heterocycles. The summed E-state index contributed by atoms with van der Waals surface area (Å²) >= 11 is 0. The number of alkyl halides is 3. The Morgan fingerprint density at radius 2 is 2.03 bits per heavy atom. The summed E-state index contributed by atoms with van der Waals surface area (Å²) in [6.45, 7) is 2.94. The number of nitrogens with one attached hydrogen (secondary N) is 2. The molecule has 36 heavy (non-hydrogen) atoms. The van der Waals surface area contributed by atoms with Gasteiger partial charge in [0.1, 0.15) is 5.82 Å². The minimum atomic E-state index is -4.56. The van der Waals surface area contributed by atoms with Crippen LogP contribution in [0.15, 0.2) is 53.4 Å². The van der Waals surface area contributed by atoms with Crippen molar-refractivity contribution in [1.29, 1.82) is 0 Å². The molecule has 1 saturated heterocycles. The van der Waals surface area contributed by atoms with E-state index in [1.54, 1.807) is 13.0 Å². The van der Waals surface area contributed by atoms with Crippen LogP contribution in [-0.4, -0.2) is 52.4 Å². The molecule has 9 nitrogen and oxygen atoms in total. The third-order valence-electron chi connectivity index (χ3n) is 5.87. The van der Waals surface area contributed by atoms with Gasteiger partial charge in [0.2, 0.25) is 6.35 Å². The van der Waals surface area contributed by atoms with Crippen molar-refractivity contribution < 1.29 is 27.4 Å². The maximum atomic E-state index is 13.6. The van der Waals surface area contributed by atoms with Gasteiger partial charge in [-0.3, -0.25) is 4.79 Å². The number of allylic oxidation sites excluding steroid dienone is 1. The first-order valence-corrected chi connectivity index (χ1v) is 11.4. The molecule has 2 aliphatic rings. The summed E-state index contributed by atoms with van der Waals surface area (Å²) in [5, 5.41) is 10.1. The quantitative estimate of drug-likeness (QED) is 0.557. The summed E-state index contributed by atoms with van der Waals surface area (Å²) in [4.78, 5) is 21.6. The van der Waals surface area contributed by atoms with Crippen LogP contribution in [0.1, 0.15) is 34.5 Å². The maximum absolute atomic E-state index is 13.6. The Labute approximate surface area is 204 Å². The van der Waals surface area contributed by atoms with E-state index in [4.69, 9.17) is 9.47 Å². The highest BCUT2D eigenvalue weighted by atomic mass is 19.4. The van der Waals surface area contributed by atoms with Crippen molar-refractivity contribution in [1.82, 2.24) is 25.2 Å². The fraction of sp³-hybridized carbons (Fsp3) is 0.333. The molecule has 0 saturated carbocycles. The van der Waals surface area contributed by atoms with Gasteiger partial charge in [-0.05, 0) is 43.5 Å². The van der Waals surface area contributed by atoms with Crippen LogP contribution in [0.2, 0.25) is 0 Å². The molecule has 1 aromatic carbocycles. The van der Waals surface area contributed by atoms with Crippen LogP contribution in [0.25, 0.3) is 16.9 Å². The van der Waals surface area contributed by atoms with Gasteiger partial charge in [0.15, 0.2) is 11.3 Å². The lowest BCUT2D eigenvalue weighted by atomic mass is 10.0. The fourth-order valence-corrected chi connectivity index (χ4v) is 4.10. The molecule has 2 N–H and O–H groups in total. The molecule has 0 bridgehead atoms. The Bertz CT molecular complexity index is 1340. The van der Waals surface area contributed by atoms with Crippen molar-refractivity contribution in [3.05, 3.63) is 65.2 Å². The first-order chi connectivity index (χ1) is 17.3. The second-order valence-electron chi connectivity index (χ2n) is 8.41. The van der Waals surface area contributed by atoms with Crippen LogP contribution in [0, 0.1) is 6.92 Å². The zero-order chi connectivity index (χ0) is 25.3. The van der Waals surface area contributed by atoms with Crippen molar-refractivity contribution in [3.63, 3.8) is 0 Å². The van der Waals surface area contributed by atoms with E-state index in [-0.39, 0.29) is 23.1 Å². The number of hydrogen-bond donors (Lipinski definition) is 2. The van der Waals surface area contributed by atoms with Crippen molar-refractivity contribution in [3.8, 4) is 11.3 Å². The maximum Gasteiger partial charge on any atom is 0.417 e. The van der Waals surface area contributed by atoms with E-state index in [9.17, 15) is 18.0 Å². The number of carbonyl (C=O) groups is 1. The van der Waals surface area contributed by atoms with Crippen LogP contribution in [-0.2, 0) is 15.7 Å². The largest absolute Gasteiger partial charge is 0.417 e. The van der Waals surface area contributed by atoms with Crippen LogP contribution in [0.5, 0.6) is 0 Å². The van der Waals surface area contributed by atoms with Gasteiger partial charge in [-0.2, -0.15) is 18.3 Å². The Balaban J connectivity index is 1.38. The van der Waals surface area contributed by atoms with E-state index < -0.39 is 24.0 Å². The van der Waals surface area contributed by atoms with Crippen molar-refractivity contribution in [2.75, 3.05) is 13.2 Å². The first kappa shape index (κ1) is 23.9. The van der Waals surface area contributed by atoms with Crippen LogP contribution >= 0.6 is 0 Å². The number of rotatable bonds is 5. The van der Waals surface area contributed by atoms with Crippen molar-refractivity contribution >= 4 is 17.8 Å². The zero-order valence-corrected chi connectivity index (χ0v) is 19.2. The molecule has 188 valence electrons. The summed E-state index contributed by atoms with van der Waals surface area (Å²) in [6.07, 6.45) is 0.720. The lowest BCUT2D eigenvalue weighted by Crippen LogP contribution is -2.42. The first-order valence-electron chi connectivity index (χ1n) is 11.4. The number of amides is 1. The molecule has 0 spiro atoms. The summed E-state index contributed by atoms with van der Waals surface area (Å²) in [5.41, 5.74) is 0.174. The lowest BCUT2D eigenvalue weighted by molar-refractivity contribution is -0.137. The van der Waals surface area contributed by atoms with Gasteiger partial charge in [0.25, 0.3) is 5.91 Å². The SMILES string of the molecule is Cc1cc(-c2ccccc2C(F)(F)F)nn2c(C(=O)NC3=CC=NC(OC4CCOCC4)N3)cnc12. The number of halogens is 3. The van der Waals surface area contributed by atoms with Gasteiger partial charge in [0.05, 0.1) is 23.6 Å². The van der Waals surface area contributed by atoms with Crippen LogP contribution < -0.4 is 10.6 Å². The van der Waals surface area contributed by atoms with E-state index in [0.717, 1.165) is 18.9 Å². The van der Waals surface area contributed by atoms with Gasteiger partial charge in [-0.25, -0.2) is 14.5 Å². The minimum absolute atomic E-state index is 0.00704. The Morgan fingerprint density at radius 1 is 1.25 bits per heavy atom. The molecule has 1 amide bonds. The molecule has 2 aliphatic heterocycles. The molecule has 1 atom stereocenters. The Morgan fingerprint density at radius 3 is 2.81 bits per heavy atom. The minimum Gasteiger partial charge on any atom is -0.381 e. The van der Waals surface area contributed by atoms with Crippen LogP contribution in [0.3, 0.4) is 0 Å². The molecule has 3 aromatic rings. The van der Waals surface area contributed by atoms with Gasteiger partial charge in [-0.1, -0.05) is 18.2 Å². The lowest BCUT2D eigenvalue weighted by Gasteiger charge is -2.28. The molecule has 12 heteroatoms. The van der Waals surface area contributed by atoms with E-state index >= 15 is 0 Å². The summed E-state index contributed by atoms with van der Waals surface area (Å²) in [6, 6.07) is 6.70. The topological polar surface area (TPSA) is 102 Å². The molecule has 0 radical (unpaired) electrons. The average molecular weight is 500 g/mol. The van der Waals surface area contributed by atoms with Gasteiger partial charge in [-0.15, -0.1) is 0 Å². The normalized spacial score (nSPS) is 18.7. The number of aromatic nitrogens is 3. The standard InChI is InChI=1S/C24H23F3N6O3/c1-14-12-18(16-4-2-3-5-17(16)24(25,26)27)32-33-19(13-29-21(14)33)22(34)30-20-6-9-28-23(31-20)36-15-7-10-35-11-8-15/h2-6,9,12-13,15,23,31H,7-8,10-11H2,1H3,(H,30,34). The average Bonchev–Trinajstić information content (AvgIpc) is 3.29. The summed E-state index contributed by atoms with van der Waals surface area (Å²) in [5.74, 6) is -0.188. The van der Waals surface area contributed by atoms with Crippen molar-refractivity contribution in [2.45, 2.75) is 38.4 Å². The molecular formula is C24H23F3N6O3. The molecular weight excluding hydrogens is 477 g/mol. The Hall–Kier alpha value is -3.77. The number of benzene rings is 1. The number of carbonyl (C=O) groups excluding carboxylic acids is 1. The number of ether oxygens (including phenoxy) is 2. The highest BCUT2D eigenvalue weighted by Gasteiger charge is 2.34. The highest BCUT2D eigenvalue weighted by molar-refractivity contribution is 5.95. The predicted molar refractivity (Wildman–Crippen MR) is 124 cm³/mol. The number of nitrogens with zero attached hydrogens (tertiary/aromatic N) is 4.